The van der Waals surface area contributed by atoms with Crippen molar-refractivity contribution in [2.75, 3.05) is 13.1 Å². The summed E-state index contributed by atoms with van der Waals surface area (Å²) in [6, 6.07) is 7.03. The van der Waals surface area contributed by atoms with Crippen molar-refractivity contribution in [3.8, 4) is 0 Å². The first-order chi connectivity index (χ1) is 14.7. The molecule has 1 aromatic heterocycles. The van der Waals surface area contributed by atoms with E-state index in [0.717, 1.165) is 24.6 Å². The molecular weight excluding hydrogens is 416 g/mol. The molecule has 2 N–H and O–H groups in total. The lowest BCUT2D eigenvalue weighted by Gasteiger charge is -2.20. The molecule has 0 aliphatic heterocycles. The van der Waals surface area contributed by atoms with E-state index in [1.807, 2.05) is 20.8 Å². The maximum atomic E-state index is 12.3. The van der Waals surface area contributed by atoms with Crippen LogP contribution in [0.15, 0.2) is 28.7 Å². The number of hydrogen-bond acceptors (Lipinski definition) is 4. The summed E-state index contributed by atoms with van der Waals surface area (Å²) < 4.78 is 10.9. The molecule has 2 atom stereocenters. The number of carbonyl (C=O) groups excluding carboxylic acids is 2. The first kappa shape index (κ1) is 23.5. The van der Waals surface area contributed by atoms with Crippen molar-refractivity contribution in [2.45, 2.75) is 64.9 Å². The second-order valence-corrected chi connectivity index (χ2v) is 9.89. The van der Waals surface area contributed by atoms with Crippen LogP contribution in [0.5, 0.6) is 0 Å². The number of furan rings is 1. The zero-order valence-corrected chi connectivity index (χ0v) is 19.4. The smallest absolute Gasteiger partial charge is 0.407 e. The van der Waals surface area contributed by atoms with Gasteiger partial charge >= 0.3 is 6.09 Å². The first-order valence-corrected chi connectivity index (χ1v) is 11.5. The third kappa shape index (κ3) is 7.46. The number of ether oxygens (including phenoxy) is 1. The Morgan fingerprint density at radius 3 is 2.58 bits per heavy atom. The van der Waals surface area contributed by atoms with Gasteiger partial charge in [-0.15, -0.1) is 0 Å². The zero-order valence-electron chi connectivity index (χ0n) is 18.6. The Morgan fingerprint density at radius 2 is 1.84 bits per heavy atom. The van der Waals surface area contributed by atoms with Gasteiger partial charge in [0.05, 0.1) is 0 Å². The summed E-state index contributed by atoms with van der Waals surface area (Å²) in [5.74, 6) is 1.47. The van der Waals surface area contributed by atoms with Gasteiger partial charge in [0.2, 0.25) is 0 Å². The molecule has 6 nitrogen and oxygen atoms in total. The second-order valence-electron chi connectivity index (χ2n) is 9.45. The number of nitrogens with one attached hydrogen (secondary N) is 2. The third-order valence-corrected chi connectivity index (χ3v) is 5.88. The van der Waals surface area contributed by atoms with E-state index in [1.54, 1.807) is 24.3 Å². The van der Waals surface area contributed by atoms with E-state index < -0.39 is 5.60 Å². The molecule has 1 heterocycles. The average molecular weight is 449 g/mol. The highest BCUT2D eigenvalue weighted by molar-refractivity contribution is 6.31. The molecular formula is C24H33ClN2O4. The molecule has 0 saturated heterocycles. The van der Waals surface area contributed by atoms with E-state index in [4.69, 9.17) is 20.8 Å². The number of rotatable bonds is 8. The molecule has 1 aliphatic rings. The number of halogens is 1. The van der Waals surface area contributed by atoms with E-state index >= 15 is 0 Å². The minimum absolute atomic E-state index is 0.190. The number of carbonyl (C=O) groups is 2. The fraction of sp³-hybridized carbons (Fsp3) is 0.583. The standard InChI is InChI=1S/C24H33ClN2O4/c1-24(2,3)31-23(29)27-12-10-17-7-6-16(13-17)5-4-11-26-22(28)21-15-18-14-19(25)8-9-20(18)30-21/h8-9,14-17H,4-7,10-13H2,1-3H3,(H,26,28)(H,27,29). The number of alkyl carbamates (subject to hydrolysis) is 1. The van der Waals surface area contributed by atoms with Gasteiger partial charge < -0.3 is 19.8 Å². The van der Waals surface area contributed by atoms with Crippen molar-refractivity contribution in [3.05, 3.63) is 35.0 Å². The van der Waals surface area contributed by atoms with Crippen LogP contribution in [0.4, 0.5) is 4.79 Å². The lowest BCUT2D eigenvalue weighted by molar-refractivity contribution is 0.0525. The van der Waals surface area contributed by atoms with E-state index in [1.165, 1.54) is 19.3 Å². The van der Waals surface area contributed by atoms with Crippen molar-refractivity contribution in [1.29, 1.82) is 0 Å². The third-order valence-electron chi connectivity index (χ3n) is 5.65. The van der Waals surface area contributed by atoms with E-state index in [0.29, 0.717) is 41.3 Å². The zero-order chi connectivity index (χ0) is 22.4. The molecule has 31 heavy (non-hydrogen) atoms. The van der Waals surface area contributed by atoms with Crippen molar-refractivity contribution in [2.24, 2.45) is 11.8 Å². The van der Waals surface area contributed by atoms with Crippen LogP contribution in [0.2, 0.25) is 5.02 Å². The van der Waals surface area contributed by atoms with Crippen molar-refractivity contribution in [1.82, 2.24) is 10.6 Å². The highest BCUT2D eigenvalue weighted by atomic mass is 35.5. The van der Waals surface area contributed by atoms with E-state index in [9.17, 15) is 9.59 Å². The largest absolute Gasteiger partial charge is 0.451 e. The molecule has 1 aromatic carbocycles. The summed E-state index contributed by atoms with van der Waals surface area (Å²) in [4.78, 5) is 24.0. The fourth-order valence-corrected chi connectivity index (χ4v) is 4.38. The Balaban J connectivity index is 1.30. The quantitative estimate of drug-likeness (QED) is 0.490. The number of amides is 2. The van der Waals surface area contributed by atoms with Crippen LogP contribution in [0, 0.1) is 11.8 Å². The minimum atomic E-state index is -0.462. The van der Waals surface area contributed by atoms with Gasteiger partial charge in [0.15, 0.2) is 5.76 Å². The molecule has 170 valence electrons. The summed E-state index contributed by atoms with van der Waals surface area (Å²) in [5, 5.41) is 7.25. The molecule has 7 heteroatoms. The normalized spacial score (nSPS) is 18.8. The number of fused-ring (bicyclic) bond motifs is 1. The Kier molecular flexibility index (Phi) is 7.87. The van der Waals surface area contributed by atoms with E-state index in [2.05, 4.69) is 10.6 Å². The first-order valence-electron chi connectivity index (χ1n) is 11.1. The Morgan fingerprint density at radius 1 is 1.10 bits per heavy atom. The number of benzene rings is 1. The number of hydrogen-bond donors (Lipinski definition) is 2. The van der Waals surface area contributed by atoms with Crippen LogP contribution < -0.4 is 10.6 Å². The van der Waals surface area contributed by atoms with Crippen LogP contribution in [-0.2, 0) is 4.74 Å². The molecule has 1 aliphatic carbocycles. The summed E-state index contributed by atoms with van der Waals surface area (Å²) in [6.45, 7) is 6.89. The summed E-state index contributed by atoms with van der Waals surface area (Å²) in [5.41, 5.74) is 0.198. The molecule has 2 aromatic rings. The molecule has 0 radical (unpaired) electrons. The minimum Gasteiger partial charge on any atom is -0.451 e. The predicted octanol–water partition coefficient (Wildman–Crippen LogP) is 5.93. The molecule has 1 saturated carbocycles. The second kappa shape index (κ2) is 10.4. The summed E-state index contributed by atoms with van der Waals surface area (Å²) in [7, 11) is 0. The van der Waals surface area contributed by atoms with Crippen LogP contribution in [0.3, 0.4) is 0 Å². The topological polar surface area (TPSA) is 80.6 Å². The Bertz CT molecular complexity index is 903. The van der Waals surface area contributed by atoms with Crippen LogP contribution in [-0.4, -0.2) is 30.7 Å². The van der Waals surface area contributed by atoms with Gasteiger partial charge in [-0.05, 0) is 82.6 Å². The van der Waals surface area contributed by atoms with Gasteiger partial charge in [-0.3, -0.25) is 4.79 Å². The van der Waals surface area contributed by atoms with Gasteiger partial charge in [-0.1, -0.05) is 24.4 Å². The van der Waals surface area contributed by atoms with Crippen LogP contribution in [0.1, 0.15) is 69.9 Å². The van der Waals surface area contributed by atoms with Crippen molar-refractivity contribution >= 4 is 34.6 Å². The maximum absolute atomic E-state index is 12.3. The maximum Gasteiger partial charge on any atom is 0.407 e. The Hall–Kier alpha value is -2.21. The van der Waals surface area contributed by atoms with Crippen LogP contribution in [0.25, 0.3) is 11.0 Å². The van der Waals surface area contributed by atoms with Gasteiger partial charge in [0.1, 0.15) is 11.2 Å². The lowest BCUT2D eigenvalue weighted by Crippen LogP contribution is -2.33. The monoisotopic (exact) mass is 448 g/mol. The molecule has 3 rings (SSSR count). The van der Waals surface area contributed by atoms with Crippen molar-refractivity contribution < 1.29 is 18.7 Å². The highest BCUT2D eigenvalue weighted by Crippen LogP contribution is 2.35. The summed E-state index contributed by atoms with van der Waals surface area (Å²) >= 11 is 5.98. The molecule has 2 unspecified atom stereocenters. The van der Waals surface area contributed by atoms with Gasteiger partial charge in [0.25, 0.3) is 5.91 Å². The summed E-state index contributed by atoms with van der Waals surface area (Å²) in [6.07, 6.45) is 6.31. The highest BCUT2D eigenvalue weighted by Gasteiger charge is 2.24. The molecule has 0 spiro atoms. The lowest BCUT2D eigenvalue weighted by atomic mass is 9.98. The van der Waals surface area contributed by atoms with Crippen molar-refractivity contribution in [3.63, 3.8) is 0 Å². The van der Waals surface area contributed by atoms with Gasteiger partial charge in [0, 0.05) is 23.5 Å². The fourth-order valence-electron chi connectivity index (χ4n) is 4.20. The Labute approximate surface area is 189 Å². The molecule has 1 fully saturated rings. The van der Waals surface area contributed by atoms with Crippen LogP contribution >= 0.6 is 11.6 Å². The molecule has 2 amide bonds. The SMILES string of the molecule is CC(C)(C)OC(=O)NCCC1CCC(CCCNC(=O)c2cc3cc(Cl)ccc3o2)C1. The van der Waals surface area contributed by atoms with E-state index in [-0.39, 0.29) is 12.0 Å². The molecule has 0 bridgehead atoms. The van der Waals surface area contributed by atoms with Gasteiger partial charge in [-0.25, -0.2) is 4.79 Å². The average Bonchev–Trinajstić information content (AvgIpc) is 3.30. The van der Waals surface area contributed by atoms with Gasteiger partial charge in [-0.2, -0.15) is 0 Å². The predicted molar refractivity (Wildman–Crippen MR) is 122 cm³/mol.